The quantitative estimate of drug-likeness (QED) is 0.734. The maximum absolute atomic E-state index is 11.4. The fourth-order valence-electron chi connectivity index (χ4n) is 3.96. The Morgan fingerprint density at radius 1 is 1.03 bits per heavy atom. The third kappa shape index (κ3) is 3.57. The third-order valence-electron chi connectivity index (χ3n) is 5.63. The minimum Gasteiger partial charge on any atom is -0.497 e. The Bertz CT molecular complexity index is 1060. The lowest BCUT2D eigenvalue weighted by Gasteiger charge is -2.40. The fourth-order valence-corrected chi connectivity index (χ4v) is 3.96. The van der Waals surface area contributed by atoms with Crippen molar-refractivity contribution in [2.24, 2.45) is 0 Å². The minimum atomic E-state index is -0.959. The molecule has 6 heteroatoms. The lowest BCUT2D eigenvalue weighted by molar-refractivity contribution is 0.0114. The Morgan fingerprint density at radius 2 is 1.69 bits per heavy atom. The van der Waals surface area contributed by atoms with E-state index in [2.05, 4.69) is 16.0 Å². The Hall–Kier alpha value is -3.30. The van der Waals surface area contributed by atoms with Crippen LogP contribution in [0, 0.1) is 11.3 Å². The van der Waals surface area contributed by atoms with Gasteiger partial charge in [-0.15, -0.1) is 0 Å². The zero-order chi connectivity index (χ0) is 20.4. The Morgan fingerprint density at radius 3 is 2.31 bits per heavy atom. The molecule has 0 saturated carbocycles. The van der Waals surface area contributed by atoms with Crippen molar-refractivity contribution in [1.82, 2.24) is 4.98 Å². The van der Waals surface area contributed by atoms with Crippen LogP contribution in [0.3, 0.4) is 0 Å². The van der Waals surface area contributed by atoms with E-state index in [1.165, 1.54) is 0 Å². The van der Waals surface area contributed by atoms with Crippen molar-refractivity contribution in [3.63, 3.8) is 0 Å². The molecule has 1 fully saturated rings. The molecule has 29 heavy (non-hydrogen) atoms. The summed E-state index contributed by atoms with van der Waals surface area (Å²) in [7, 11) is 3.21. The first-order chi connectivity index (χ1) is 14.1. The summed E-state index contributed by atoms with van der Waals surface area (Å²) in [5, 5.41) is 21.7. The van der Waals surface area contributed by atoms with Gasteiger partial charge >= 0.3 is 0 Å². The summed E-state index contributed by atoms with van der Waals surface area (Å²) in [5.41, 5.74) is 2.03. The van der Waals surface area contributed by atoms with Crippen molar-refractivity contribution in [3.05, 3.63) is 59.8 Å². The lowest BCUT2D eigenvalue weighted by Crippen LogP contribution is -2.42. The normalized spacial score (nSPS) is 15.7. The maximum Gasteiger partial charge on any atom is 0.143 e. The van der Waals surface area contributed by atoms with Crippen LogP contribution in [0.25, 0.3) is 10.9 Å². The molecular weight excluding hydrogens is 366 g/mol. The molecule has 1 aliphatic rings. The monoisotopic (exact) mass is 389 g/mol. The Balaban J connectivity index is 1.63. The molecule has 0 aliphatic carbocycles. The molecule has 0 amide bonds. The van der Waals surface area contributed by atoms with Crippen molar-refractivity contribution in [2.75, 3.05) is 32.2 Å². The third-order valence-corrected chi connectivity index (χ3v) is 5.63. The summed E-state index contributed by atoms with van der Waals surface area (Å²) in [6.07, 6.45) is 1.11. The number of anilines is 1. The first kappa shape index (κ1) is 19.0. The zero-order valence-electron chi connectivity index (χ0n) is 16.6. The highest BCUT2D eigenvalue weighted by Crippen LogP contribution is 2.39. The summed E-state index contributed by atoms with van der Waals surface area (Å²) in [6.45, 7) is 1.32. The van der Waals surface area contributed by atoms with Crippen LogP contribution in [-0.4, -0.2) is 37.4 Å². The number of hydrogen-bond donors (Lipinski definition) is 1. The number of pyridine rings is 1. The molecule has 1 aliphatic heterocycles. The van der Waals surface area contributed by atoms with Crippen LogP contribution >= 0.6 is 0 Å². The van der Waals surface area contributed by atoms with E-state index < -0.39 is 5.60 Å². The molecule has 4 rings (SSSR count). The van der Waals surface area contributed by atoms with Gasteiger partial charge in [0.05, 0.1) is 25.3 Å². The van der Waals surface area contributed by atoms with E-state index >= 15 is 0 Å². The predicted molar refractivity (Wildman–Crippen MR) is 111 cm³/mol. The van der Waals surface area contributed by atoms with Gasteiger partial charge in [-0.1, -0.05) is 18.2 Å². The second-order valence-electron chi connectivity index (χ2n) is 7.28. The number of methoxy groups -OCH3 is 2. The van der Waals surface area contributed by atoms with E-state index in [1.54, 1.807) is 20.3 Å². The molecule has 2 aromatic carbocycles. The number of piperidine rings is 1. The van der Waals surface area contributed by atoms with Crippen molar-refractivity contribution in [3.8, 4) is 17.6 Å². The highest BCUT2D eigenvalue weighted by molar-refractivity contribution is 5.92. The van der Waals surface area contributed by atoms with Crippen LogP contribution in [0.1, 0.15) is 24.1 Å². The summed E-state index contributed by atoms with van der Waals surface area (Å²) in [5.74, 6) is 1.32. The molecule has 1 N–H and O–H groups in total. The van der Waals surface area contributed by atoms with Crippen LogP contribution in [0.4, 0.5) is 5.69 Å². The molecule has 0 bridgehead atoms. The first-order valence-electron chi connectivity index (χ1n) is 9.57. The SMILES string of the molecule is COc1cc(OC)cc(C2(O)CCN(c3cc(C#N)nc4ccccc34)CC2)c1. The van der Waals surface area contributed by atoms with E-state index in [4.69, 9.17) is 9.47 Å². The van der Waals surface area contributed by atoms with E-state index in [0.29, 0.717) is 43.1 Å². The molecule has 3 aromatic rings. The number of nitriles is 1. The molecule has 1 saturated heterocycles. The molecule has 0 radical (unpaired) electrons. The van der Waals surface area contributed by atoms with Gasteiger partial charge in [0.15, 0.2) is 0 Å². The molecule has 1 aromatic heterocycles. The van der Waals surface area contributed by atoms with Crippen molar-refractivity contribution < 1.29 is 14.6 Å². The largest absolute Gasteiger partial charge is 0.497 e. The Labute approximate surface area is 169 Å². The topological polar surface area (TPSA) is 78.6 Å². The molecule has 148 valence electrons. The van der Waals surface area contributed by atoms with Crippen molar-refractivity contribution in [1.29, 1.82) is 5.26 Å². The number of aromatic nitrogens is 1. The van der Waals surface area contributed by atoms with E-state index in [1.807, 2.05) is 42.5 Å². The Kier molecular flexibility index (Phi) is 4.99. The van der Waals surface area contributed by atoms with Gasteiger partial charge in [0.25, 0.3) is 0 Å². The number of hydrogen-bond acceptors (Lipinski definition) is 6. The number of benzene rings is 2. The highest BCUT2D eigenvalue weighted by Gasteiger charge is 2.35. The van der Waals surface area contributed by atoms with Crippen LogP contribution in [0.2, 0.25) is 0 Å². The second kappa shape index (κ2) is 7.61. The smallest absolute Gasteiger partial charge is 0.143 e. The number of para-hydroxylation sites is 1. The molecule has 0 atom stereocenters. The molecular formula is C23H23N3O3. The van der Waals surface area contributed by atoms with Gasteiger partial charge in [0.1, 0.15) is 23.3 Å². The van der Waals surface area contributed by atoms with E-state index in [-0.39, 0.29) is 0 Å². The number of aliphatic hydroxyl groups is 1. The summed E-state index contributed by atoms with van der Waals surface area (Å²) >= 11 is 0. The average Bonchev–Trinajstić information content (AvgIpc) is 2.78. The second-order valence-corrected chi connectivity index (χ2v) is 7.28. The minimum absolute atomic E-state index is 0.400. The molecule has 6 nitrogen and oxygen atoms in total. The standard InChI is InChI=1S/C23H23N3O3/c1-28-18-11-16(12-19(14-18)29-2)23(27)7-9-26(10-8-23)22-13-17(15-24)25-21-6-4-3-5-20(21)22/h3-6,11-14,27H,7-10H2,1-2H3. The van der Waals surface area contributed by atoms with Crippen molar-refractivity contribution >= 4 is 16.6 Å². The van der Waals surface area contributed by atoms with Crippen LogP contribution < -0.4 is 14.4 Å². The predicted octanol–water partition coefficient (Wildman–Crippen LogP) is 3.61. The van der Waals surface area contributed by atoms with Crippen LogP contribution in [0.15, 0.2) is 48.5 Å². The molecule has 0 unspecified atom stereocenters. The van der Waals surface area contributed by atoms with Crippen molar-refractivity contribution in [2.45, 2.75) is 18.4 Å². The number of nitrogens with zero attached hydrogens (tertiary/aromatic N) is 3. The van der Waals surface area contributed by atoms with Gasteiger partial charge in [-0.25, -0.2) is 4.98 Å². The zero-order valence-corrected chi connectivity index (χ0v) is 16.6. The van der Waals surface area contributed by atoms with Gasteiger partial charge in [0, 0.05) is 30.2 Å². The number of ether oxygens (including phenoxy) is 2. The highest BCUT2D eigenvalue weighted by atomic mass is 16.5. The van der Waals surface area contributed by atoms with Gasteiger partial charge in [-0.2, -0.15) is 5.26 Å². The average molecular weight is 389 g/mol. The van der Waals surface area contributed by atoms with Crippen LogP contribution in [-0.2, 0) is 5.60 Å². The van der Waals surface area contributed by atoms with E-state index in [0.717, 1.165) is 22.2 Å². The van der Waals surface area contributed by atoms with Gasteiger partial charge in [-0.05, 0) is 42.7 Å². The maximum atomic E-state index is 11.4. The van der Waals surface area contributed by atoms with Crippen LogP contribution in [0.5, 0.6) is 11.5 Å². The lowest BCUT2D eigenvalue weighted by atomic mass is 9.84. The fraction of sp³-hybridized carbons (Fsp3) is 0.304. The van der Waals surface area contributed by atoms with E-state index in [9.17, 15) is 10.4 Å². The molecule has 2 heterocycles. The van der Waals surface area contributed by atoms with Gasteiger partial charge in [-0.3, -0.25) is 0 Å². The summed E-state index contributed by atoms with van der Waals surface area (Å²) in [4.78, 5) is 6.62. The summed E-state index contributed by atoms with van der Waals surface area (Å²) in [6, 6.07) is 17.4. The summed E-state index contributed by atoms with van der Waals surface area (Å²) < 4.78 is 10.7. The number of rotatable bonds is 4. The molecule has 0 spiro atoms. The first-order valence-corrected chi connectivity index (χ1v) is 9.57. The number of fused-ring (bicyclic) bond motifs is 1. The van der Waals surface area contributed by atoms with Gasteiger partial charge < -0.3 is 19.5 Å². The van der Waals surface area contributed by atoms with Gasteiger partial charge in [0.2, 0.25) is 0 Å².